The first-order valence-electron chi connectivity index (χ1n) is 6.45. The van der Waals surface area contributed by atoms with Gasteiger partial charge >= 0.3 is 0 Å². The molecule has 0 aromatic heterocycles. The molecule has 2 aliphatic heterocycles. The van der Waals surface area contributed by atoms with E-state index in [0.717, 1.165) is 31.8 Å². The van der Waals surface area contributed by atoms with Gasteiger partial charge in [0.05, 0.1) is 0 Å². The number of nitrogens with zero attached hydrogens (tertiary/aromatic N) is 1. The zero-order valence-corrected chi connectivity index (χ0v) is 9.87. The van der Waals surface area contributed by atoms with Crippen LogP contribution in [0, 0.1) is 0 Å². The van der Waals surface area contributed by atoms with Crippen LogP contribution in [0.3, 0.4) is 0 Å². The van der Waals surface area contributed by atoms with Gasteiger partial charge in [-0.3, -0.25) is 0 Å². The molecule has 3 heteroatoms. The van der Waals surface area contributed by atoms with Crippen molar-refractivity contribution in [2.45, 2.75) is 44.7 Å². The molecule has 0 aromatic rings. The fourth-order valence-electron chi connectivity index (χ4n) is 2.81. The fourth-order valence-corrected chi connectivity index (χ4v) is 2.81. The first-order valence-corrected chi connectivity index (χ1v) is 6.45. The van der Waals surface area contributed by atoms with Crippen molar-refractivity contribution in [3.8, 4) is 0 Å². The van der Waals surface area contributed by atoms with E-state index in [1.54, 1.807) is 0 Å². The van der Waals surface area contributed by atoms with Crippen molar-refractivity contribution >= 4 is 0 Å². The fraction of sp³-hybridized carbons (Fsp3) is 1.00. The van der Waals surface area contributed by atoms with E-state index in [4.69, 9.17) is 4.74 Å². The summed E-state index contributed by atoms with van der Waals surface area (Å²) < 4.78 is 5.41. The third kappa shape index (κ3) is 3.16. The SMILES string of the molecule is CCNC1CCN(C2CCOCC2)CC1.[HH]. The highest BCUT2D eigenvalue weighted by Gasteiger charge is 2.25. The van der Waals surface area contributed by atoms with Crippen LogP contribution in [0.1, 0.15) is 34.0 Å². The Hall–Kier alpha value is -0.120. The molecule has 0 atom stereocenters. The van der Waals surface area contributed by atoms with Gasteiger partial charge in [-0.05, 0) is 45.3 Å². The van der Waals surface area contributed by atoms with Gasteiger partial charge in [-0.15, -0.1) is 0 Å². The highest BCUT2D eigenvalue weighted by Crippen LogP contribution is 2.19. The van der Waals surface area contributed by atoms with Gasteiger partial charge in [0.1, 0.15) is 0 Å². The van der Waals surface area contributed by atoms with E-state index < -0.39 is 0 Å². The van der Waals surface area contributed by atoms with Gasteiger partial charge in [-0.2, -0.15) is 0 Å². The summed E-state index contributed by atoms with van der Waals surface area (Å²) >= 11 is 0. The largest absolute Gasteiger partial charge is 0.381 e. The van der Waals surface area contributed by atoms with Crippen LogP contribution in [0.4, 0.5) is 0 Å². The van der Waals surface area contributed by atoms with Gasteiger partial charge in [-0.25, -0.2) is 0 Å². The molecule has 0 unspecified atom stereocenters. The van der Waals surface area contributed by atoms with Crippen molar-refractivity contribution in [2.24, 2.45) is 0 Å². The number of hydrogen-bond acceptors (Lipinski definition) is 3. The normalized spacial score (nSPS) is 27.0. The summed E-state index contributed by atoms with van der Waals surface area (Å²) in [7, 11) is 0. The molecule has 0 amide bonds. The Morgan fingerprint density at radius 2 is 1.87 bits per heavy atom. The lowest BCUT2D eigenvalue weighted by molar-refractivity contribution is 0.0240. The number of ether oxygens (including phenoxy) is 1. The summed E-state index contributed by atoms with van der Waals surface area (Å²) in [4.78, 5) is 2.68. The maximum Gasteiger partial charge on any atom is 0.0480 e. The summed E-state index contributed by atoms with van der Waals surface area (Å²) in [6.45, 7) is 7.81. The lowest BCUT2D eigenvalue weighted by Gasteiger charge is -2.39. The van der Waals surface area contributed by atoms with Crippen LogP contribution in [0.15, 0.2) is 0 Å². The second-order valence-electron chi connectivity index (χ2n) is 4.71. The maximum absolute atomic E-state index is 5.41. The lowest BCUT2D eigenvalue weighted by atomic mass is 10.00. The van der Waals surface area contributed by atoms with Crippen LogP contribution in [0.2, 0.25) is 0 Å². The average Bonchev–Trinajstić information content (AvgIpc) is 2.32. The average molecular weight is 214 g/mol. The Kier molecular flexibility index (Phi) is 4.42. The molecule has 2 rings (SSSR count). The molecule has 0 bridgehead atoms. The van der Waals surface area contributed by atoms with E-state index in [1.807, 2.05) is 0 Å². The summed E-state index contributed by atoms with van der Waals surface area (Å²) in [6.07, 6.45) is 5.13. The minimum absolute atomic E-state index is 0. The van der Waals surface area contributed by atoms with E-state index in [2.05, 4.69) is 17.1 Å². The summed E-state index contributed by atoms with van der Waals surface area (Å²) in [5, 5.41) is 3.56. The highest BCUT2D eigenvalue weighted by atomic mass is 16.5. The minimum atomic E-state index is 0. The summed E-state index contributed by atoms with van der Waals surface area (Å²) in [5.41, 5.74) is 0. The standard InChI is InChI=1S/C12H24N2O.H2/c1-2-13-11-3-7-14(8-4-11)12-5-9-15-10-6-12;/h11-13H,2-10H2,1H3;1H. The quantitative estimate of drug-likeness (QED) is 0.770. The molecule has 0 saturated carbocycles. The van der Waals surface area contributed by atoms with Crippen molar-refractivity contribution in [2.75, 3.05) is 32.8 Å². The Morgan fingerprint density at radius 3 is 2.47 bits per heavy atom. The van der Waals surface area contributed by atoms with Crippen LogP contribution < -0.4 is 5.32 Å². The maximum atomic E-state index is 5.41. The Balaban J connectivity index is 0.00000128. The lowest BCUT2D eigenvalue weighted by Crippen LogP contribution is -2.48. The second-order valence-corrected chi connectivity index (χ2v) is 4.71. The molecule has 0 aromatic carbocycles. The minimum Gasteiger partial charge on any atom is -0.381 e. The molecule has 0 spiro atoms. The van der Waals surface area contributed by atoms with Gasteiger partial charge in [0, 0.05) is 26.7 Å². The molecule has 0 radical (unpaired) electrons. The molecule has 2 aliphatic rings. The predicted octanol–water partition coefficient (Wildman–Crippen LogP) is 1.49. The third-order valence-corrected chi connectivity index (χ3v) is 3.73. The Labute approximate surface area is 94.6 Å². The number of likely N-dealkylation sites (tertiary alicyclic amines) is 1. The summed E-state index contributed by atoms with van der Waals surface area (Å²) in [5.74, 6) is 0. The van der Waals surface area contributed by atoms with Gasteiger partial charge < -0.3 is 15.0 Å². The Morgan fingerprint density at radius 1 is 1.20 bits per heavy atom. The van der Waals surface area contributed by atoms with E-state index >= 15 is 0 Å². The molecular formula is C12H26N2O. The molecule has 90 valence electrons. The van der Waals surface area contributed by atoms with Crippen molar-refractivity contribution in [1.29, 1.82) is 0 Å². The zero-order valence-electron chi connectivity index (χ0n) is 9.87. The summed E-state index contributed by atoms with van der Waals surface area (Å²) in [6, 6.07) is 1.58. The van der Waals surface area contributed by atoms with Crippen LogP contribution in [0.5, 0.6) is 0 Å². The first-order chi connectivity index (χ1) is 7.40. The second kappa shape index (κ2) is 5.83. The van der Waals surface area contributed by atoms with Gasteiger partial charge in [-0.1, -0.05) is 6.92 Å². The molecule has 2 heterocycles. The monoisotopic (exact) mass is 214 g/mol. The van der Waals surface area contributed by atoms with Crippen LogP contribution in [0.25, 0.3) is 0 Å². The van der Waals surface area contributed by atoms with E-state index in [9.17, 15) is 0 Å². The van der Waals surface area contributed by atoms with Crippen LogP contribution in [-0.4, -0.2) is 49.8 Å². The van der Waals surface area contributed by atoms with Crippen LogP contribution in [-0.2, 0) is 4.74 Å². The van der Waals surface area contributed by atoms with Crippen molar-refractivity contribution in [1.82, 2.24) is 10.2 Å². The molecule has 15 heavy (non-hydrogen) atoms. The number of rotatable bonds is 3. The van der Waals surface area contributed by atoms with Gasteiger partial charge in [0.25, 0.3) is 0 Å². The molecular weight excluding hydrogens is 188 g/mol. The van der Waals surface area contributed by atoms with E-state index in [-0.39, 0.29) is 1.43 Å². The van der Waals surface area contributed by atoms with Crippen molar-refractivity contribution in [3.05, 3.63) is 0 Å². The van der Waals surface area contributed by atoms with Crippen molar-refractivity contribution < 1.29 is 6.16 Å². The predicted molar refractivity (Wildman–Crippen MR) is 64.2 cm³/mol. The smallest absolute Gasteiger partial charge is 0.0480 e. The number of hydrogen-bond donors (Lipinski definition) is 1. The van der Waals surface area contributed by atoms with E-state index in [1.165, 1.54) is 38.8 Å². The first kappa shape index (κ1) is 11.4. The Bertz CT molecular complexity index is 178. The molecule has 0 aliphatic carbocycles. The molecule has 3 nitrogen and oxygen atoms in total. The number of nitrogens with one attached hydrogen (secondary N) is 1. The van der Waals surface area contributed by atoms with Gasteiger partial charge in [0.15, 0.2) is 0 Å². The molecule has 2 fully saturated rings. The molecule has 1 N–H and O–H groups in total. The van der Waals surface area contributed by atoms with Gasteiger partial charge in [0.2, 0.25) is 0 Å². The van der Waals surface area contributed by atoms with Crippen LogP contribution >= 0.6 is 0 Å². The highest BCUT2D eigenvalue weighted by molar-refractivity contribution is 4.82. The topological polar surface area (TPSA) is 24.5 Å². The van der Waals surface area contributed by atoms with E-state index in [0.29, 0.717) is 0 Å². The number of piperidine rings is 1. The molecule has 2 saturated heterocycles. The zero-order chi connectivity index (χ0) is 10.5. The third-order valence-electron chi connectivity index (χ3n) is 3.73. The van der Waals surface area contributed by atoms with Crippen molar-refractivity contribution in [3.63, 3.8) is 0 Å².